The zero-order valence-corrected chi connectivity index (χ0v) is 28.8. The molecule has 2 N–H and O–H groups in total. The van der Waals surface area contributed by atoms with Crippen LogP contribution in [0.3, 0.4) is 0 Å². The second-order valence-corrected chi connectivity index (χ2v) is 12.8. The highest BCUT2D eigenvalue weighted by molar-refractivity contribution is 6.30. The third kappa shape index (κ3) is 8.21. The van der Waals surface area contributed by atoms with Crippen molar-refractivity contribution in [1.82, 2.24) is 30.0 Å². The van der Waals surface area contributed by atoms with Crippen molar-refractivity contribution in [1.29, 1.82) is 0 Å². The quantitative estimate of drug-likeness (QED) is 0.145. The van der Waals surface area contributed by atoms with Gasteiger partial charge < -0.3 is 29.7 Å². The van der Waals surface area contributed by atoms with E-state index in [0.717, 1.165) is 37.9 Å². The molecule has 2 aliphatic heterocycles. The number of carboxylic acids is 1. The van der Waals surface area contributed by atoms with Crippen molar-refractivity contribution in [3.8, 4) is 11.4 Å². The molecule has 4 aromatic rings. The second-order valence-electron chi connectivity index (χ2n) is 12.3. The fourth-order valence-electron chi connectivity index (χ4n) is 6.53. The van der Waals surface area contributed by atoms with Crippen LogP contribution in [0.15, 0.2) is 85.5 Å². The lowest BCUT2D eigenvalue weighted by Gasteiger charge is -2.36. The number of carbonyl (C=O) groups excluding carboxylic acids is 2. The van der Waals surface area contributed by atoms with Crippen molar-refractivity contribution in [2.24, 2.45) is 5.92 Å². The molecule has 14 heteroatoms. The average Bonchev–Trinajstić information content (AvgIpc) is 3.68. The maximum atomic E-state index is 14.1. The predicted molar refractivity (Wildman–Crippen MR) is 190 cm³/mol. The van der Waals surface area contributed by atoms with Crippen molar-refractivity contribution < 1.29 is 29.0 Å². The Hall–Kier alpha value is -5.69. The first-order valence-corrected chi connectivity index (χ1v) is 17.0. The number of fused-ring (bicyclic) bond motifs is 1. The number of carbonyl (C=O) groups is 3. The number of hydrogen-bond acceptors (Lipinski definition) is 9. The number of benzene rings is 3. The number of anilines is 1. The van der Waals surface area contributed by atoms with Crippen LogP contribution in [0.4, 0.5) is 5.69 Å². The van der Waals surface area contributed by atoms with Gasteiger partial charge in [0.1, 0.15) is 18.1 Å². The van der Waals surface area contributed by atoms with Crippen molar-refractivity contribution in [3.63, 3.8) is 0 Å². The number of amides is 2. The molecule has 1 fully saturated rings. The van der Waals surface area contributed by atoms with Crippen LogP contribution in [0, 0.1) is 5.92 Å². The normalized spacial score (nSPS) is 16.1. The van der Waals surface area contributed by atoms with E-state index >= 15 is 0 Å². The number of ether oxygens (including phenoxy) is 2. The summed E-state index contributed by atoms with van der Waals surface area (Å²) in [6.07, 6.45) is 7.87. The van der Waals surface area contributed by atoms with E-state index in [0.29, 0.717) is 58.1 Å². The molecular weight excluding hydrogens is 674 g/mol. The molecule has 2 aliphatic rings. The van der Waals surface area contributed by atoms with Crippen LogP contribution in [-0.2, 0) is 20.7 Å². The third-order valence-corrected chi connectivity index (χ3v) is 9.52. The maximum Gasteiger partial charge on any atom is 0.335 e. The second kappa shape index (κ2) is 15.9. The summed E-state index contributed by atoms with van der Waals surface area (Å²) >= 11 is 6.29. The highest BCUT2D eigenvalue weighted by atomic mass is 35.5. The van der Waals surface area contributed by atoms with Crippen LogP contribution in [0.5, 0.6) is 5.75 Å². The first-order chi connectivity index (χ1) is 24.7. The van der Waals surface area contributed by atoms with Gasteiger partial charge in [-0.1, -0.05) is 23.7 Å². The van der Waals surface area contributed by atoms with Crippen LogP contribution in [0.25, 0.3) is 11.8 Å². The van der Waals surface area contributed by atoms with Gasteiger partial charge in [0.2, 0.25) is 5.91 Å². The van der Waals surface area contributed by atoms with Gasteiger partial charge in [-0.3, -0.25) is 9.59 Å². The van der Waals surface area contributed by atoms with E-state index in [1.165, 1.54) is 46.3 Å². The van der Waals surface area contributed by atoms with Crippen LogP contribution >= 0.6 is 11.6 Å². The van der Waals surface area contributed by atoms with Gasteiger partial charge in [-0.2, -0.15) is 4.68 Å². The summed E-state index contributed by atoms with van der Waals surface area (Å²) in [6.45, 7) is 6.52. The lowest BCUT2D eigenvalue weighted by atomic mass is 9.90. The fraction of sp³-hybridized carbons (Fsp3) is 0.297. The zero-order valence-electron chi connectivity index (χ0n) is 28.1. The number of nitrogens with zero attached hydrogens (tertiary/aromatic N) is 6. The van der Waals surface area contributed by atoms with Crippen LogP contribution in [0.2, 0.25) is 5.02 Å². The van der Waals surface area contributed by atoms with Gasteiger partial charge in [0.05, 0.1) is 25.0 Å². The van der Waals surface area contributed by atoms with Gasteiger partial charge in [-0.15, -0.1) is 5.10 Å². The number of halogens is 1. The van der Waals surface area contributed by atoms with Gasteiger partial charge in [0.25, 0.3) is 5.91 Å². The summed E-state index contributed by atoms with van der Waals surface area (Å²) in [6, 6.07) is 15.6. The number of likely N-dealkylation sites (tertiary alicyclic amines) is 1. The lowest BCUT2D eigenvalue weighted by molar-refractivity contribution is -0.135. The van der Waals surface area contributed by atoms with E-state index in [2.05, 4.69) is 32.3 Å². The number of rotatable bonds is 12. The predicted octanol–water partition coefficient (Wildman–Crippen LogP) is 5.39. The van der Waals surface area contributed by atoms with Crippen molar-refractivity contribution in [2.75, 3.05) is 38.7 Å². The molecule has 0 bridgehead atoms. The first kappa shape index (κ1) is 35.1. The molecular formula is C37H38ClN7O6. The standard InChI is InChI=1S/C37H38ClN7O6/c1-24(50-2)43-18-14-25(15-19-43)17-21-51-33-5-3-4-31-30(33)16-20-44(35(31)36(47)40-29-10-6-26(7-11-29)37(48)49)34(46)13-8-27-22-28(38)9-12-32(27)45-23-39-41-42-45/h3-13,22-23,25,35H,1,14-21H2,2H3,(H,40,47)(H,48,49)/b13-8+. The molecule has 1 aromatic heterocycles. The number of aromatic carboxylic acids is 1. The minimum Gasteiger partial charge on any atom is -0.493 e. The Bertz CT molecular complexity index is 1920. The molecule has 51 heavy (non-hydrogen) atoms. The molecule has 13 nitrogen and oxygen atoms in total. The molecule has 0 spiro atoms. The summed E-state index contributed by atoms with van der Waals surface area (Å²) in [5.74, 6) is -0.0160. The van der Waals surface area contributed by atoms with Gasteiger partial charge in [-0.05, 0) is 109 Å². The van der Waals surface area contributed by atoms with E-state index in [1.54, 1.807) is 31.4 Å². The third-order valence-electron chi connectivity index (χ3n) is 9.29. The molecule has 3 aromatic carbocycles. The Kier molecular flexibility index (Phi) is 11.0. The van der Waals surface area contributed by atoms with Crippen LogP contribution in [0.1, 0.15) is 52.4 Å². The summed E-state index contributed by atoms with van der Waals surface area (Å²) in [5, 5.41) is 24.0. The number of tetrazole rings is 1. The number of aromatic nitrogens is 4. The Labute approximate surface area is 300 Å². The molecule has 1 saturated heterocycles. The summed E-state index contributed by atoms with van der Waals surface area (Å²) in [4.78, 5) is 43.1. The Morgan fingerprint density at radius 2 is 1.86 bits per heavy atom. The Morgan fingerprint density at radius 3 is 2.57 bits per heavy atom. The van der Waals surface area contributed by atoms with Crippen molar-refractivity contribution in [2.45, 2.75) is 31.7 Å². The topological polar surface area (TPSA) is 152 Å². The highest BCUT2D eigenvalue weighted by Crippen LogP contribution is 2.37. The molecule has 1 unspecified atom stereocenters. The number of piperidine rings is 1. The summed E-state index contributed by atoms with van der Waals surface area (Å²) in [5.41, 5.74) is 3.23. The van der Waals surface area contributed by atoms with Gasteiger partial charge in [-0.25, -0.2) is 4.79 Å². The molecule has 264 valence electrons. The number of methoxy groups -OCH3 is 1. The average molecular weight is 712 g/mol. The molecule has 3 heterocycles. The van der Waals surface area contributed by atoms with E-state index in [9.17, 15) is 19.5 Å². The van der Waals surface area contributed by atoms with E-state index in [-0.39, 0.29) is 12.1 Å². The summed E-state index contributed by atoms with van der Waals surface area (Å²) in [7, 11) is 1.64. The SMILES string of the molecule is C=C(OC)N1CCC(CCOc2cccc3c2CCN(C(=O)/C=C/c2cc(Cl)ccc2-n2cnnn2)C3C(=O)Nc2ccc(C(=O)O)cc2)CC1. The van der Waals surface area contributed by atoms with Crippen LogP contribution in [-0.4, -0.2) is 86.2 Å². The van der Waals surface area contributed by atoms with E-state index in [4.69, 9.17) is 21.1 Å². The first-order valence-electron chi connectivity index (χ1n) is 16.6. The lowest BCUT2D eigenvalue weighted by Crippen LogP contribution is -2.44. The minimum atomic E-state index is -1.07. The number of nitrogens with one attached hydrogen (secondary N) is 1. The smallest absolute Gasteiger partial charge is 0.335 e. The van der Waals surface area contributed by atoms with Crippen molar-refractivity contribution in [3.05, 3.63) is 113 Å². The van der Waals surface area contributed by atoms with Gasteiger partial charge in [0.15, 0.2) is 5.88 Å². The molecule has 0 aliphatic carbocycles. The van der Waals surface area contributed by atoms with Gasteiger partial charge >= 0.3 is 5.97 Å². The van der Waals surface area contributed by atoms with E-state index in [1.807, 2.05) is 18.2 Å². The molecule has 0 saturated carbocycles. The highest BCUT2D eigenvalue weighted by Gasteiger charge is 2.37. The summed E-state index contributed by atoms with van der Waals surface area (Å²) < 4.78 is 13.1. The number of hydrogen-bond donors (Lipinski definition) is 2. The minimum absolute atomic E-state index is 0.0905. The van der Waals surface area contributed by atoms with Gasteiger partial charge in [0, 0.05) is 47.5 Å². The van der Waals surface area contributed by atoms with Crippen LogP contribution < -0.4 is 10.1 Å². The molecule has 1 atom stereocenters. The molecule has 0 radical (unpaired) electrons. The Balaban J connectivity index is 1.23. The maximum absolute atomic E-state index is 14.1. The Morgan fingerprint density at radius 1 is 1.08 bits per heavy atom. The van der Waals surface area contributed by atoms with E-state index < -0.39 is 23.8 Å². The molecule has 2 amide bonds. The number of carboxylic acid groups (broad SMARTS) is 1. The van der Waals surface area contributed by atoms with Crippen molar-refractivity contribution >= 4 is 41.1 Å². The largest absolute Gasteiger partial charge is 0.493 e. The fourth-order valence-corrected chi connectivity index (χ4v) is 6.71. The monoisotopic (exact) mass is 711 g/mol. The zero-order chi connectivity index (χ0) is 35.9. The molecule has 6 rings (SSSR count).